The zero-order chi connectivity index (χ0) is 20.4. The van der Waals surface area contributed by atoms with Gasteiger partial charge in [-0.25, -0.2) is 4.79 Å². The Balaban J connectivity index is 1.53. The molecule has 0 radical (unpaired) electrons. The number of ketones is 1. The van der Waals surface area contributed by atoms with Crippen LogP contribution in [0.3, 0.4) is 0 Å². The summed E-state index contributed by atoms with van der Waals surface area (Å²) < 4.78 is 0. The van der Waals surface area contributed by atoms with Gasteiger partial charge < -0.3 is 5.32 Å². The summed E-state index contributed by atoms with van der Waals surface area (Å²) >= 11 is 0. The Morgan fingerprint density at radius 3 is 2.62 bits per heavy atom. The van der Waals surface area contributed by atoms with E-state index >= 15 is 0 Å². The van der Waals surface area contributed by atoms with Crippen LogP contribution in [0, 0.1) is 0 Å². The Morgan fingerprint density at radius 1 is 1.10 bits per heavy atom. The van der Waals surface area contributed by atoms with Crippen molar-refractivity contribution >= 4 is 17.7 Å². The number of carbonyl (C=O) groups is 3. The molecule has 1 fully saturated rings. The third-order valence-electron chi connectivity index (χ3n) is 6.05. The molecule has 0 saturated carbocycles. The number of imide groups is 1. The summed E-state index contributed by atoms with van der Waals surface area (Å²) in [5.41, 5.74) is 2.63. The molecule has 1 saturated heterocycles. The van der Waals surface area contributed by atoms with Gasteiger partial charge in [0, 0.05) is 5.56 Å². The predicted octanol–water partition coefficient (Wildman–Crippen LogP) is 4.00. The molecule has 1 aliphatic carbocycles. The molecule has 2 aromatic carbocycles. The van der Waals surface area contributed by atoms with E-state index in [0.29, 0.717) is 12.0 Å². The van der Waals surface area contributed by atoms with E-state index in [9.17, 15) is 14.4 Å². The van der Waals surface area contributed by atoms with Crippen molar-refractivity contribution in [3.63, 3.8) is 0 Å². The van der Waals surface area contributed by atoms with Crippen molar-refractivity contribution in [3.8, 4) is 0 Å². The molecule has 150 valence electrons. The van der Waals surface area contributed by atoms with Crippen molar-refractivity contribution in [2.24, 2.45) is 0 Å². The number of urea groups is 1. The molecule has 1 aliphatic heterocycles. The lowest BCUT2D eigenvalue weighted by Crippen LogP contribution is -2.46. The summed E-state index contributed by atoms with van der Waals surface area (Å²) in [4.78, 5) is 39.8. The van der Waals surface area contributed by atoms with Gasteiger partial charge >= 0.3 is 6.03 Å². The van der Waals surface area contributed by atoms with E-state index in [1.807, 2.05) is 36.4 Å². The number of hydrogen-bond acceptors (Lipinski definition) is 3. The van der Waals surface area contributed by atoms with Gasteiger partial charge in [-0.05, 0) is 48.8 Å². The molecule has 5 heteroatoms. The van der Waals surface area contributed by atoms with Gasteiger partial charge in [0.05, 0.1) is 6.54 Å². The number of amides is 3. The molecule has 0 unspecified atom stereocenters. The summed E-state index contributed by atoms with van der Waals surface area (Å²) in [6.45, 7) is 1.91. The standard InChI is InChI=1S/C24H26N2O3/c1-2-3-7-17-11-13-19(14-12-17)21(27)16-26-22(28)24(25-23(26)29)15-6-9-18-8-4-5-10-20(18)24/h4-5,8,10-14H,2-3,6-7,9,15-16H2,1H3,(H,25,29)/t24-/m1/s1. The maximum absolute atomic E-state index is 13.3. The fourth-order valence-electron chi connectivity index (χ4n) is 4.43. The number of unbranched alkanes of at least 4 members (excludes halogenated alkanes) is 1. The molecule has 1 atom stereocenters. The zero-order valence-corrected chi connectivity index (χ0v) is 16.7. The second kappa shape index (κ2) is 7.82. The van der Waals surface area contributed by atoms with Crippen LogP contribution in [0.15, 0.2) is 48.5 Å². The minimum Gasteiger partial charge on any atom is -0.319 e. The van der Waals surface area contributed by atoms with Crippen LogP contribution in [0.2, 0.25) is 0 Å². The van der Waals surface area contributed by atoms with Crippen LogP contribution in [0.25, 0.3) is 0 Å². The monoisotopic (exact) mass is 390 g/mol. The Kier molecular flexibility index (Phi) is 5.22. The molecule has 0 bridgehead atoms. The first-order valence-corrected chi connectivity index (χ1v) is 10.4. The third-order valence-corrected chi connectivity index (χ3v) is 6.05. The maximum Gasteiger partial charge on any atom is 0.325 e. The summed E-state index contributed by atoms with van der Waals surface area (Å²) in [5, 5.41) is 2.90. The molecule has 29 heavy (non-hydrogen) atoms. The highest BCUT2D eigenvalue weighted by atomic mass is 16.2. The lowest BCUT2D eigenvalue weighted by Gasteiger charge is -2.33. The quantitative estimate of drug-likeness (QED) is 0.599. The largest absolute Gasteiger partial charge is 0.325 e. The number of benzene rings is 2. The van der Waals surface area contributed by atoms with E-state index in [1.54, 1.807) is 12.1 Å². The molecule has 2 aromatic rings. The van der Waals surface area contributed by atoms with Gasteiger partial charge in [0.15, 0.2) is 5.78 Å². The van der Waals surface area contributed by atoms with Crippen molar-refractivity contribution in [1.82, 2.24) is 10.2 Å². The van der Waals surface area contributed by atoms with E-state index in [-0.39, 0.29) is 18.2 Å². The zero-order valence-electron chi connectivity index (χ0n) is 16.7. The van der Waals surface area contributed by atoms with Crippen molar-refractivity contribution in [2.45, 2.75) is 51.0 Å². The van der Waals surface area contributed by atoms with Gasteiger partial charge in [-0.2, -0.15) is 0 Å². The first-order chi connectivity index (χ1) is 14.0. The van der Waals surface area contributed by atoms with E-state index in [1.165, 1.54) is 5.56 Å². The Bertz CT molecular complexity index is 951. The second-order valence-electron chi connectivity index (χ2n) is 7.96. The molecule has 1 spiro atoms. The number of aryl methyl sites for hydroxylation is 2. The van der Waals surface area contributed by atoms with E-state index in [0.717, 1.165) is 48.1 Å². The highest BCUT2D eigenvalue weighted by molar-refractivity contribution is 6.11. The molecule has 1 N–H and O–H groups in total. The van der Waals surface area contributed by atoms with Crippen LogP contribution in [0.4, 0.5) is 4.79 Å². The lowest BCUT2D eigenvalue weighted by atomic mass is 9.76. The summed E-state index contributed by atoms with van der Waals surface area (Å²) in [6.07, 6.45) is 5.50. The van der Waals surface area contributed by atoms with Gasteiger partial charge in [-0.1, -0.05) is 61.9 Å². The Morgan fingerprint density at radius 2 is 1.86 bits per heavy atom. The number of nitrogens with one attached hydrogen (secondary N) is 1. The minimum atomic E-state index is -1.03. The van der Waals surface area contributed by atoms with Crippen LogP contribution in [0.1, 0.15) is 59.7 Å². The summed E-state index contributed by atoms with van der Waals surface area (Å²) in [5.74, 6) is -0.542. The van der Waals surface area contributed by atoms with Gasteiger partial charge in [0.25, 0.3) is 5.91 Å². The number of Topliss-reactive ketones (excluding diaryl/α,β-unsaturated/α-hetero) is 1. The molecule has 4 rings (SSSR count). The van der Waals surface area contributed by atoms with Gasteiger partial charge in [0.1, 0.15) is 5.54 Å². The van der Waals surface area contributed by atoms with Crippen molar-refractivity contribution in [1.29, 1.82) is 0 Å². The Hall–Kier alpha value is -2.95. The van der Waals surface area contributed by atoms with Crippen LogP contribution in [-0.4, -0.2) is 29.2 Å². The lowest BCUT2D eigenvalue weighted by molar-refractivity contribution is -0.131. The fourth-order valence-corrected chi connectivity index (χ4v) is 4.43. The topological polar surface area (TPSA) is 66.5 Å². The van der Waals surface area contributed by atoms with Crippen molar-refractivity contribution in [3.05, 3.63) is 70.8 Å². The summed E-state index contributed by atoms with van der Waals surface area (Å²) in [6, 6.07) is 14.7. The predicted molar refractivity (Wildman–Crippen MR) is 111 cm³/mol. The third kappa shape index (κ3) is 3.46. The first-order valence-electron chi connectivity index (χ1n) is 10.4. The Labute approximate surface area is 171 Å². The normalized spacial score (nSPS) is 20.7. The number of carbonyl (C=O) groups excluding carboxylic acids is 3. The second-order valence-corrected chi connectivity index (χ2v) is 7.96. The molecular formula is C24H26N2O3. The van der Waals surface area contributed by atoms with E-state index in [4.69, 9.17) is 0 Å². The van der Waals surface area contributed by atoms with Gasteiger partial charge in [-0.15, -0.1) is 0 Å². The number of fused-ring (bicyclic) bond motifs is 2. The van der Waals surface area contributed by atoms with Gasteiger partial charge in [0.2, 0.25) is 0 Å². The number of hydrogen-bond donors (Lipinski definition) is 1. The number of rotatable bonds is 6. The van der Waals surface area contributed by atoms with E-state index in [2.05, 4.69) is 12.2 Å². The van der Waals surface area contributed by atoms with Crippen LogP contribution >= 0.6 is 0 Å². The average Bonchev–Trinajstić information content (AvgIpc) is 2.97. The van der Waals surface area contributed by atoms with E-state index < -0.39 is 11.6 Å². The molecule has 3 amide bonds. The van der Waals surface area contributed by atoms with Crippen molar-refractivity contribution < 1.29 is 14.4 Å². The average molecular weight is 390 g/mol. The highest BCUT2D eigenvalue weighted by Crippen LogP contribution is 2.39. The smallest absolute Gasteiger partial charge is 0.319 e. The van der Waals surface area contributed by atoms with Gasteiger partial charge in [-0.3, -0.25) is 14.5 Å². The van der Waals surface area contributed by atoms with Crippen molar-refractivity contribution in [2.75, 3.05) is 6.54 Å². The maximum atomic E-state index is 13.3. The fraction of sp³-hybridized carbons (Fsp3) is 0.375. The summed E-state index contributed by atoms with van der Waals surface area (Å²) in [7, 11) is 0. The highest BCUT2D eigenvalue weighted by Gasteiger charge is 2.54. The first kappa shape index (κ1) is 19.4. The number of nitrogens with zero attached hydrogens (tertiary/aromatic N) is 1. The van der Waals surface area contributed by atoms with Crippen LogP contribution in [0.5, 0.6) is 0 Å². The van der Waals surface area contributed by atoms with Crippen LogP contribution < -0.4 is 5.32 Å². The molecule has 1 heterocycles. The van der Waals surface area contributed by atoms with Crippen LogP contribution in [-0.2, 0) is 23.2 Å². The minimum absolute atomic E-state index is 0.225. The molecule has 0 aromatic heterocycles. The molecule has 2 aliphatic rings. The SMILES string of the molecule is CCCCc1ccc(C(=O)CN2C(=O)N[C@@]3(CCCc4ccccc43)C2=O)cc1. The molecular weight excluding hydrogens is 364 g/mol. The molecule has 5 nitrogen and oxygen atoms in total.